The lowest BCUT2D eigenvalue weighted by Crippen LogP contribution is -2.44. The Labute approximate surface area is 165 Å². The number of hydrogen-bond donors (Lipinski definition) is 0. The van der Waals surface area contributed by atoms with Crippen molar-refractivity contribution in [1.82, 2.24) is 9.13 Å². The molecule has 0 unspecified atom stereocenters. The zero-order valence-electron chi connectivity index (χ0n) is 16.1. The van der Waals surface area contributed by atoms with Crippen LogP contribution in [0.15, 0.2) is 15.8 Å². The van der Waals surface area contributed by atoms with E-state index in [9.17, 15) is 34.2 Å². The van der Waals surface area contributed by atoms with Gasteiger partial charge in [-0.3, -0.25) is 34.2 Å². The van der Waals surface area contributed by atoms with E-state index in [0.29, 0.717) is 51.4 Å². The topological polar surface area (TPSA) is 130 Å². The number of rotatable bonds is 6. The van der Waals surface area contributed by atoms with Crippen LogP contribution in [0.4, 0.5) is 4.39 Å². The summed E-state index contributed by atoms with van der Waals surface area (Å²) in [7, 11) is 0. The molecule has 0 radical (unpaired) electrons. The molecule has 0 N–H and O–H groups in total. The normalized spacial score (nSPS) is 27.5. The summed E-state index contributed by atoms with van der Waals surface area (Å²) in [6.07, 6.45) is 4.71. The van der Waals surface area contributed by atoms with Gasteiger partial charge in [-0.1, -0.05) is 0 Å². The molecule has 2 saturated carbocycles. The smallest absolute Gasteiger partial charge is 0.297 e. The van der Waals surface area contributed by atoms with E-state index in [4.69, 9.17) is 0 Å². The van der Waals surface area contributed by atoms with E-state index in [1.54, 1.807) is 0 Å². The Morgan fingerprint density at radius 1 is 0.862 bits per heavy atom. The van der Waals surface area contributed by atoms with Crippen LogP contribution < -0.4 is 11.2 Å². The fraction of sp³-hybridized carbons (Fsp3) is 0.778. The Morgan fingerprint density at radius 2 is 1.31 bits per heavy atom. The monoisotopic (exact) mass is 412 g/mol. The van der Waals surface area contributed by atoms with Crippen molar-refractivity contribution < 1.29 is 14.2 Å². The third-order valence-electron chi connectivity index (χ3n) is 6.32. The molecule has 2 aliphatic rings. The lowest BCUT2D eigenvalue weighted by Gasteiger charge is -2.26. The van der Waals surface area contributed by atoms with Gasteiger partial charge in [0.15, 0.2) is 0 Å². The van der Waals surface area contributed by atoms with Crippen molar-refractivity contribution in [2.45, 2.75) is 76.5 Å². The largest absolute Gasteiger partial charge is 0.331 e. The molecule has 0 amide bonds. The highest BCUT2D eigenvalue weighted by atomic mass is 19.1. The van der Waals surface area contributed by atoms with Gasteiger partial charge in [-0.25, -0.2) is 4.79 Å². The first-order valence-corrected chi connectivity index (χ1v) is 10.0. The predicted molar refractivity (Wildman–Crippen MR) is 100 cm³/mol. The summed E-state index contributed by atoms with van der Waals surface area (Å²) in [6, 6.07) is -1.16. The minimum atomic E-state index is -1.01. The summed E-state index contributed by atoms with van der Waals surface area (Å²) in [5.41, 5.74) is -1.57. The summed E-state index contributed by atoms with van der Waals surface area (Å²) in [6.45, 7) is 0.266. The average Bonchev–Trinajstić information content (AvgIpc) is 2.70. The summed E-state index contributed by atoms with van der Waals surface area (Å²) >= 11 is 0. The van der Waals surface area contributed by atoms with Crippen molar-refractivity contribution in [1.29, 1.82) is 0 Å². The van der Waals surface area contributed by atoms with Gasteiger partial charge in [0.2, 0.25) is 17.9 Å². The van der Waals surface area contributed by atoms with Gasteiger partial charge in [0, 0.05) is 48.6 Å². The fourth-order valence-electron chi connectivity index (χ4n) is 4.52. The van der Waals surface area contributed by atoms with Crippen molar-refractivity contribution in [3.05, 3.63) is 53.1 Å². The lowest BCUT2D eigenvalue weighted by molar-refractivity contribution is -0.527. The quantitative estimate of drug-likeness (QED) is 0.517. The first-order valence-electron chi connectivity index (χ1n) is 10.0. The Balaban J connectivity index is 1.70. The molecule has 11 heteroatoms. The first-order chi connectivity index (χ1) is 13.8. The van der Waals surface area contributed by atoms with Gasteiger partial charge in [0.05, 0.1) is 6.20 Å². The van der Waals surface area contributed by atoms with Crippen LogP contribution in [0.2, 0.25) is 0 Å². The second-order valence-corrected chi connectivity index (χ2v) is 8.25. The van der Waals surface area contributed by atoms with Gasteiger partial charge >= 0.3 is 5.69 Å². The highest BCUT2D eigenvalue weighted by molar-refractivity contribution is 4.92. The SMILES string of the molecule is O=c1c(F)cn(CC2CCC([N+](=O)[O-])CC2)c(=O)n1CC1CCC([N+](=O)[O-])CC1. The first kappa shape index (κ1) is 21.1. The molecular formula is C18H25FN4O6. The van der Waals surface area contributed by atoms with Crippen LogP contribution in [-0.2, 0) is 13.1 Å². The molecule has 0 spiro atoms. The Hall–Kier alpha value is -2.59. The average molecular weight is 412 g/mol. The number of aromatic nitrogens is 2. The third kappa shape index (κ3) is 4.88. The van der Waals surface area contributed by atoms with E-state index < -0.39 is 29.1 Å². The van der Waals surface area contributed by atoms with Crippen molar-refractivity contribution in [3.8, 4) is 0 Å². The van der Waals surface area contributed by atoms with E-state index in [1.165, 1.54) is 4.57 Å². The van der Waals surface area contributed by atoms with Crippen LogP contribution in [0.25, 0.3) is 0 Å². The maximum atomic E-state index is 14.2. The number of nitro groups is 2. The van der Waals surface area contributed by atoms with Crippen LogP contribution in [0, 0.1) is 37.9 Å². The second kappa shape index (κ2) is 8.83. The maximum Gasteiger partial charge on any atom is 0.331 e. The van der Waals surface area contributed by atoms with Crippen LogP contribution in [0.3, 0.4) is 0 Å². The van der Waals surface area contributed by atoms with E-state index in [1.807, 2.05) is 0 Å². The van der Waals surface area contributed by atoms with Crippen LogP contribution in [0.1, 0.15) is 51.4 Å². The van der Waals surface area contributed by atoms with E-state index >= 15 is 0 Å². The fourth-order valence-corrected chi connectivity index (χ4v) is 4.52. The van der Waals surface area contributed by atoms with Crippen molar-refractivity contribution >= 4 is 0 Å². The van der Waals surface area contributed by atoms with Gasteiger partial charge in [0.25, 0.3) is 5.56 Å². The maximum absolute atomic E-state index is 14.2. The summed E-state index contributed by atoms with van der Waals surface area (Å²) in [5, 5.41) is 21.7. The van der Waals surface area contributed by atoms with Crippen LogP contribution in [0.5, 0.6) is 0 Å². The van der Waals surface area contributed by atoms with Gasteiger partial charge in [-0.15, -0.1) is 0 Å². The number of nitrogens with zero attached hydrogens (tertiary/aromatic N) is 4. The second-order valence-electron chi connectivity index (χ2n) is 8.25. The van der Waals surface area contributed by atoms with E-state index in [2.05, 4.69) is 0 Å². The van der Waals surface area contributed by atoms with Crippen LogP contribution in [-0.4, -0.2) is 31.1 Å². The molecule has 2 fully saturated rings. The Bertz CT molecular complexity index is 881. The van der Waals surface area contributed by atoms with Crippen molar-refractivity contribution in [2.75, 3.05) is 0 Å². The molecule has 29 heavy (non-hydrogen) atoms. The molecule has 0 atom stereocenters. The molecule has 2 aliphatic carbocycles. The van der Waals surface area contributed by atoms with E-state index in [-0.39, 0.29) is 34.8 Å². The number of hydrogen-bond acceptors (Lipinski definition) is 6. The summed E-state index contributed by atoms with van der Waals surface area (Å²) < 4.78 is 16.3. The molecule has 0 aromatic carbocycles. The third-order valence-corrected chi connectivity index (χ3v) is 6.32. The summed E-state index contributed by atoms with van der Waals surface area (Å²) in [4.78, 5) is 46.1. The Kier molecular flexibility index (Phi) is 6.43. The summed E-state index contributed by atoms with van der Waals surface area (Å²) in [5.74, 6) is -1.07. The molecule has 1 heterocycles. The number of halogens is 1. The Morgan fingerprint density at radius 3 is 1.76 bits per heavy atom. The van der Waals surface area contributed by atoms with Gasteiger partial charge < -0.3 is 0 Å². The molecule has 1 aromatic rings. The highest BCUT2D eigenvalue weighted by Gasteiger charge is 2.31. The minimum absolute atomic E-state index is 0.0183. The molecular weight excluding hydrogens is 387 g/mol. The molecule has 0 aliphatic heterocycles. The highest BCUT2D eigenvalue weighted by Crippen LogP contribution is 2.28. The van der Waals surface area contributed by atoms with Gasteiger partial charge in [-0.2, -0.15) is 4.39 Å². The predicted octanol–water partition coefficient (Wildman–Crippen LogP) is 1.82. The molecule has 3 rings (SSSR count). The van der Waals surface area contributed by atoms with Crippen molar-refractivity contribution in [2.24, 2.45) is 11.8 Å². The molecule has 1 aromatic heterocycles. The lowest BCUT2D eigenvalue weighted by atomic mass is 9.86. The van der Waals surface area contributed by atoms with Crippen LogP contribution >= 0.6 is 0 Å². The molecule has 10 nitrogen and oxygen atoms in total. The molecule has 0 bridgehead atoms. The van der Waals surface area contributed by atoms with E-state index in [0.717, 1.165) is 10.8 Å². The van der Waals surface area contributed by atoms with Crippen molar-refractivity contribution in [3.63, 3.8) is 0 Å². The van der Waals surface area contributed by atoms with Gasteiger partial charge in [0.1, 0.15) is 0 Å². The van der Waals surface area contributed by atoms with Gasteiger partial charge in [-0.05, 0) is 37.5 Å². The zero-order chi connectivity index (χ0) is 21.1. The minimum Gasteiger partial charge on any atom is -0.297 e. The molecule has 0 saturated heterocycles. The standard InChI is InChI=1S/C18H25FN4O6/c19-16-11-20(9-12-1-5-14(6-2-12)22(26)27)18(25)21(17(16)24)10-13-3-7-15(8-4-13)23(28)29/h11-15H,1-10H2. The molecule has 160 valence electrons. The zero-order valence-corrected chi connectivity index (χ0v) is 16.1.